The number of hydrogen-bond donors (Lipinski definition) is 2. The van der Waals surface area contributed by atoms with Gasteiger partial charge in [0.05, 0.1) is 18.8 Å². The number of halogens is 3. The lowest BCUT2D eigenvalue weighted by Gasteiger charge is -2.17. The Morgan fingerprint density at radius 3 is 2.52 bits per heavy atom. The lowest BCUT2D eigenvalue weighted by Crippen LogP contribution is -2.47. The number of carbonyl (C=O) groups excluding carboxylic acids is 3. The molecule has 0 unspecified atom stereocenters. The summed E-state index contributed by atoms with van der Waals surface area (Å²) in [6.45, 7) is 0. The Bertz CT molecular complexity index is 511. The first-order chi connectivity index (χ1) is 9.75. The highest BCUT2D eigenvalue weighted by atomic mass is 19.4. The van der Waals surface area contributed by atoms with E-state index in [2.05, 4.69) is 9.72 Å². The number of methoxy groups -OCH3 is 1. The number of aromatic amines is 1. The van der Waals surface area contributed by atoms with E-state index in [1.807, 2.05) is 0 Å². The van der Waals surface area contributed by atoms with Crippen molar-refractivity contribution in [3.05, 3.63) is 24.0 Å². The second kappa shape index (κ2) is 6.91. The van der Waals surface area contributed by atoms with E-state index in [0.29, 0.717) is 0 Å². The van der Waals surface area contributed by atoms with E-state index in [1.54, 1.807) is 5.32 Å². The Balaban J connectivity index is 2.82. The monoisotopic (exact) mass is 306 g/mol. The van der Waals surface area contributed by atoms with Crippen LogP contribution in [0.1, 0.15) is 23.3 Å². The molecule has 0 bridgehead atoms. The zero-order valence-electron chi connectivity index (χ0n) is 11.0. The van der Waals surface area contributed by atoms with Crippen molar-refractivity contribution in [2.75, 3.05) is 7.11 Å². The van der Waals surface area contributed by atoms with Gasteiger partial charge in [0.2, 0.25) is 5.78 Å². The van der Waals surface area contributed by atoms with Crippen molar-refractivity contribution in [2.24, 2.45) is 0 Å². The number of carbonyl (C=O) groups is 3. The molecule has 0 saturated carbocycles. The standard InChI is InChI=1S/C12H13F3N2O4/c1-21-9(18)5-4-8(17-11(20)12(13,14)15)10(19)7-3-2-6-16-7/h2-3,6,8,16H,4-5H2,1H3,(H,17,20)/t8-/m0/s1. The van der Waals surface area contributed by atoms with Crippen LogP contribution in [0.4, 0.5) is 13.2 Å². The minimum absolute atomic E-state index is 0.0346. The molecule has 0 aliphatic carbocycles. The van der Waals surface area contributed by atoms with Crippen LogP contribution >= 0.6 is 0 Å². The summed E-state index contributed by atoms with van der Waals surface area (Å²) in [5.74, 6) is -3.68. The molecule has 2 N–H and O–H groups in total. The molecular weight excluding hydrogens is 293 g/mol. The van der Waals surface area contributed by atoms with Gasteiger partial charge in [-0.2, -0.15) is 13.2 Å². The number of H-pyrrole nitrogens is 1. The molecule has 0 aliphatic heterocycles. The first kappa shape index (κ1) is 16.7. The maximum Gasteiger partial charge on any atom is 0.471 e. The van der Waals surface area contributed by atoms with Crippen molar-refractivity contribution in [3.63, 3.8) is 0 Å². The fourth-order valence-electron chi connectivity index (χ4n) is 1.54. The van der Waals surface area contributed by atoms with Gasteiger partial charge in [0.15, 0.2) is 0 Å². The highest BCUT2D eigenvalue weighted by Gasteiger charge is 2.41. The highest BCUT2D eigenvalue weighted by molar-refractivity contribution is 6.01. The molecule has 1 atom stereocenters. The van der Waals surface area contributed by atoms with E-state index in [4.69, 9.17) is 0 Å². The SMILES string of the molecule is COC(=O)CC[C@H](NC(=O)C(F)(F)F)C(=O)c1ccc[nH]1. The molecule has 1 aromatic rings. The van der Waals surface area contributed by atoms with Gasteiger partial charge in [-0.15, -0.1) is 0 Å². The molecule has 0 spiro atoms. The van der Waals surface area contributed by atoms with Gasteiger partial charge < -0.3 is 15.0 Å². The number of Topliss-reactive ketones (excluding diaryl/α,β-unsaturated/α-hetero) is 1. The minimum atomic E-state index is -5.11. The Morgan fingerprint density at radius 1 is 1.38 bits per heavy atom. The Hall–Kier alpha value is -2.32. The Morgan fingerprint density at radius 2 is 2.05 bits per heavy atom. The summed E-state index contributed by atoms with van der Waals surface area (Å²) in [7, 11) is 1.11. The smallest absolute Gasteiger partial charge is 0.469 e. The van der Waals surface area contributed by atoms with Crippen LogP contribution in [0.15, 0.2) is 18.3 Å². The summed E-state index contributed by atoms with van der Waals surface area (Å²) in [5.41, 5.74) is 0.0346. The highest BCUT2D eigenvalue weighted by Crippen LogP contribution is 2.16. The largest absolute Gasteiger partial charge is 0.471 e. The van der Waals surface area contributed by atoms with Gasteiger partial charge >= 0.3 is 18.1 Å². The number of ether oxygens (including phenoxy) is 1. The van der Waals surface area contributed by atoms with Gasteiger partial charge in [0.1, 0.15) is 0 Å². The van der Waals surface area contributed by atoms with Crippen LogP contribution < -0.4 is 5.32 Å². The van der Waals surface area contributed by atoms with E-state index in [0.717, 1.165) is 7.11 Å². The summed E-state index contributed by atoms with van der Waals surface area (Å²) < 4.78 is 41.1. The van der Waals surface area contributed by atoms with Gasteiger partial charge in [0, 0.05) is 12.6 Å². The third kappa shape index (κ3) is 4.93. The number of amides is 1. The van der Waals surface area contributed by atoms with Gasteiger partial charge in [-0.1, -0.05) is 0 Å². The van der Waals surface area contributed by atoms with Crippen molar-refractivity contribution >= 4 is 17.7 Å². The van der Waals surface area contributed by atoms with Gasteiger partial charge in [-0.3, -0.25) is 14.4 Å². The molecule has 1 rings (SSSR count). The summed E-state index contributed by atoms with van der Waals surface area (Å²) >= 11 is 0. The molecule has 1 aromatic heterocycles. The first-order valence-corrected chi connectivity index (χ1v) is 5.87. The molecule has 9 heteroatoms. The molecule has 6 nitrogen and oxygen atoms in total. The van der Waals surface area contributed by atoms with Crippen molar-refractivity contribution in [1.82, 2.24) is 10.3 Å². The molecule has 21 heavy (non-hydrogen) atoms. The first-order valence-electron chi connectivity index (χ1n) is 5.87. The lowest BCUT2D eigenvalue weighted by atomic mass is 10.0. The maximum absolute atomic E-state index is 12.3. The van der Waals surface area contributed by atoms with E-state index in [-0.39, 0.29) is 18.5 Å². The summed E-state index contributed by atoms with van der Waals surface area (Å²) in [5, 5.41) is 1.58. The Kier molecular flexibility index (Phi) is 5.51. The lowest BCUT2D eigenvalue weighted by molar-refractivity contribution is -0.174. The molecule has 1 heterocycles. The molecule has 0 fully saturated rings. The zero-order valence-corrected chi connectivity index (χ0v) is 11.0. The average molecular weight is 306 g/mol. The van der Waals surface area contributed by atoms with Gasteiger partial charge in [-0.05, 0) is 18.6 Å². The number of nitrogens with one attached hydrogen (secondary N) is 2. The van der Waals surface area contributed by atoms with Crippen LogP contribution in [0.2, 0.25) is 0 Å². The predicted octanol–water partition coefficient (Wildman–Crippen LogP) is 1.20. The molecule has 0 radical (unpaired) electrons. The van der Waals surface area contributed by atoms with Crippen LogP contribution in [0.25, 0.3) is 0 Å². The number of aromatic nitrogens is 1. The van der Waals surface area contributed by atoms with Crippen LogP contribution in [-0.2, 0) is 14.3 Å². The van der Waals surface area contributed by atoms with Crippen LogP contribution in [0, 0.1) is 0 Å². The van der Waals surface area contributed by atoms with E-state index in [1.165, 1.54) is 18.3 Å². The number of esters is 1. The molecular formula is C12H13F3N2O4. The second-order valence-corrected chi connectivity index (χ2v) is 4.09. The quantitative estimate of drug-likeness (QED) is 0.610. The summed E-state index contributed by atoms with van der Waals surface area (Å²) in [4.78, 5) is 36.5. The summed E-state index contributed by atoms with van der Waals surface area (Å²) in [6, 6.07) is 1.36. The van der Waals surface area contributed by atoms with Crippen molar-refractivity contribution in [3.8, 4) is 0 Å². The Labute approximate surface area is 117 Å². The summed E-state index contributed by atoms with van der Waals surface area (Å²) in [6.07, 6.45) is -4.30. The third-order valence-electron chi connectivity index (χ3n) is 2.61. The predicted molar refractivity (Wildman–Crippen MR) is 64.4 cm³/mol. The molecule has 116 valence electrons. The topological polar surface area (TPSA) is 88.3 Å². The second-order valence-electron chi connectivity index (χ2n) is 4.09. The van der Waals surface area contributed by atoms with Gasteiger partial charge in [0.25, 0.3) is 0 Å². The minimum Gasteiger partial charge on any atom is -0.469 e. The van der Waals surface area contributed by atoms with Crippen molar-refractivity contribution < 1.29 is 32.3 Å². The van der Waals surface area contributed by atoms with Crippen molar-refractivity contribution in [1.29, 1.82) is 0 Å². The van der Waals surface area contributed by atoms with Crippen molar-refractivity contribution in [2.45, 2.75) is 25.1 Å². The fraction of sp³-hybridized carbons (Fsp3) is 0.417. The van der Waals surface area contributed by atoms with Gasteiger partial charge in [-0.25, -0.2) is 0 Å². The van der Waals surface area contributed by atoms with E-state index >= 15 is 0 Å². The molecule has 0 aliphatic rings. The van der Waals surface area contributed by atoms with Crippen LogP contribution in [-0.4, -0.2) is 42.0 Å². The molecule has 1 amide bonds. The third-order valence-corrected chi connectivity index (χ3v) is 2.61. The zero-order chi connectivity index (χ0) is 16.0. The number of alkyl halides is 3. The molecule has 0 saturated heterocycles. The van der Waals surface area contributed by atoms with E-state index in [9.17, 15) is 27.6 Å². The average Bonchev–Trinajstić information content (AvgIpc) is 2.94. The van der Waals surface area contributed by atoms with Crippen LogP contribution in [0.5, 0.6) is 0 Å². The normalized spacial score (nSPS) is 12.6. The van der Waals surface area contributed by atoms with Crippen LogP contribution in [0.3, 0.4) is 0 Å². The number of ketones is 1. The number of rotatable bonds is 6. The number of hydrogen-bond acceptors (Lipinski definition) is 4. The molecule has 0 aromatic carbocycles. The maximum atomic E-state index is 12.3. The van der Waals surface area contributed by atoms with E-state index < -0.39 is 29.9 Å². The fourth-order valence-corrected chi connectivity index (χ4v) is 1.54.